The molecular formula is C22H24F3N3O4S. The van der Waals surface area contributed by atoms with E-state index in [0.717, 1.165) is 22.5 Å². The number of amides is 1. The first-order chi connectivity index (χ1) is 15.4. The predicted octanol–water partition coefficient (Wildman–Crippen LogP) is 3.24. The summed E-state index contributed by atoms with van der Waals surface area (Å²) in [6.07, 6.45) is -4.64. The molecule has 1 aliphatic heterocycles. The number of sulfonamides is 1. The largest absolute Gasteiger partial charge is 0.416 e. The van der Waals surface area contributed by atoms with Gasteiger partial charge in [-0.25, -0.2) is 8.42 Å². The molecule has 1 amide bonds. The third-order valence-corrected chi connectivity index (χ3v) is 7.38. The smallest absolute Gasteiger partial charge is 0.326 e. The summed E-state index contributed by atoms with van der Waals surface area (Å²) < 4.78 is 65.7. The number of nitrogens with zero attached hydrogens (tertiary/aromatic N) is 2. The molecule has 0 aromatic heterocycles. The summed E-state index contributed by atoms with van der Waals surface area (Å²) in [5.74, 6) is -0.376. The molecule has 1 atom stereocenters. The van der Waals surface area contributed by atoms with E-state index in [1.54, 1.807) is 31.2 Å². The van der Waals surface area contributed by atoms with Crippen LogP contribution < -0.4 is 5.32 Å². The van der Waals surface area contributed by atoms with E-state index in [-0.39, 0.29) is 37.9 Å². The molecule has 0 saturated carbocycles. The van der Waals surface area contributed by atoms with Gasteiger partial charge in [-0.1, -0.05) is 6.07 Å². The topological polar surface area (TPSA) is 86.8 Å². The number of nitrogens with one attached hydrogen (secondary N) is 1. The molecule has 1 fully saturated rings. The third kappa shape index (κ3) is 5.79. The number of ketones is 1. The SMILES string of the molecule is CC(=O)Nc1ccc(C(=O)[C@H](C)N2CCN(S(=O)(=O)c3cccc(C(F)(F)F)c3)CC2)cc1. The van der Waals surface area contributed by atoms with Crippen molar-refractivity contribution in [2.75, 3.05) is 31.5 Å². The number of alkyl halides is 3. The quantitative estimate of drug-likeness (QED) is 0.638. The Bertz CT molecular complexity index is 1130. The number of piperazine rings is 1. The van der Waals surface area contributed by atoms with Crippen molar-refractivity contribution in [3.63, 3.8) is 0 Å². The van der Waals surface area contributed by atoms with Crippen molar-refractivity contribution in [2.45, 2.75) is 31.0 Å². The maximum atomic E-state index is 13.0. The molecule has 2 aromatic rings. The highest BCUT2D eigenvalue weighted by Crippen LogP contribution is 2.31. The Balaban J connectivity index is 1.65. The summed E-state index contributed by atoms with van der Waals surface area (Å²) in [4.78, 5) is 25.4. The first-order valence-electron chi connectivity index (χ1n) is 10.2. The van der Waals surface area contributed by atoms with E-state index in [1.807, 2.05) is 4.90 Å². The van der Waals surface area contributed by atoms with Crippen LogP contribution in [0, 0.1) is 0 Å². The molecule has 1 aliphatic rings. The van der Waals surface area contributed by atoms with Gasteiger partial charge in [0, 0.05) is 44.4 Å². The second-order valence-corrected chi connectivity index (χ2v) is 9.70. The first-order valence-corrected chi connectivity index (χ1v) is 11.7. The van der Waals surface area contributed by atoms with Crippen LogP contribution in [0.2, 0.25) is 0 Å². The van der Waals surface area contributed by atoms with Gasteiger partial charge in [-0.3, -0.25) is 14.5 Å². The minimum absolute atomic E-state index is 0.0532. The molecule has 3 rings (SSSR count). The molecular weight excluding hydrogens is 459 g/mol. The molecule has 11 heteroatoms. The molecule has 1 heterocycles. The van der Waals surface area contributed by atoms with Crippen molar-refractivity contribution in [3.05, 3.63) is 59.7 Å². The monoisotopic (exact) mass is 483 g/mol. The Labute approximate surface area is 190 Å². The van der Waals surface area contributed by atoms with E-state index in [0.29, 0.717) is 17.3 Å². The fourth-order valence-corrected chi connectivity index (χ4v) is 5.11. The molecule has 7 nitrogen and oxygen atoms in total. The Morgan fingerprint density at radius 1 is 1.00 bits per heavy atom. The molecule has 0 bridgehead atoms. The Morgan fingerprint density at radius 3 is 2.15 bits per heavy atom. The van der Waals surface area contributed by atoms with Crippen molar-refractivity contribution < 1.29 is 31.2 Å². The van der Waals surface area contributed by atoms with Crippen LogP contribution >= 0.6 is 0 Å². The van der Waals surface area contributed by atoms with Gasteiger partial charge < -0.3 is 5.32 Å². The van der Waals surface area contributed by atoms with Crippen LogP contribution in [0.3, 0.4) is 0 Å². The highest BCUT2D eigenvalue weighted by atomic mass is 32.2. The van der Waals surface area contributed by atoms with Crippen LogP contribution in [0.4, 0.5) is 18.9 Å². The summed E-state index contributed by atoms with van der Waals surface area (Å²) in [6.45, 7) is 3.73. The predicted molar refractivity (Wildman–Crippen MR) is 116 cm³/mol. The van der Waals surface area contributed by atoms with E-state index in [2.05, 4.69) is 5.32 Å². The number of benzene rings is 2. The highest BCUT2D eigenvalue weighted by Gasteiger charge is 2.35. The van der Waals surface area contributed by atoms with Gasteiger partial charge in [0.05, 0.1) is 16.5 Å². The first kappa shape index (κ1) is 24.9. The molecule has 0 aliphatic carbocycles. The molecule has 1 saturated heterocycles. The van der Waals surface area contributed by atoms with Crippen molar-refractivity contribution >= 4 is 27.4 Å². The second-order valence-electron chi connectivity index (χ2n) is 7.76. The number of anilines is 1. The standard InChI is InChI=1S/C22H24F3N3O4S/c1-15(21(30)17-6-8-19(9-7-17)26-16(2)29)27-10-12-28(13-11-27)33(31,32)20-5-3-4-18(14-20)22(23,24)25/h3-9,14-15H,10-13H2,1-2H3,(H,26,29)/t15-/m0/s1. The zero-order valence-electron chi connectivity index (χ0n) is 18.1. The lowest BCUT2D eigenvalue weighted by Crippen LogP contribution is -2.53. The lowest BCUT2D eigenvalue weighted by atomic mass is 10.0. The van der Waals surface area contributed by atoms with Crippen LogP contribution in [-0.4, -0.2) is 61.5 Å². The van der Waals surface area contributed by atoms with Gasteiger partial charge in [0.2, 0.25) is 15.9 Å². The van der Waals surface area contributed by atoms with Gasteiger partial charge >= 0.3 is 6.18 Å². The van der Waals surface area contributed by atoms with E-state index >= 15 is 0 Å². The van der Waals surface area contributed by atoms with Crippen molar-refractivity contribution in [1.29, 1.82) is 0 Å². The lowest BCUT2D eigenvalue weighted by molar-refractivity contribution is -0.137. The van der Waals surface area contributed by atoms with Gasteiger partial charge in [0.25, 0.3) is 0 Å². The maximum absolute atomic E-state index is 13.0. The molecule has 178 valence electrons. The van der Waals surface area contributed by atoms with Gasteiger partial charge in [-0.05, 0) is 49.4 Å². The third-order valence-electron chi connectivity index (χ3n) is 5.49. The van der Waals surface area contributed by atoms with E-state index in [9.17, 15) is 31.2 Å². The number of rotatable bonds is 6. The Morgan fingerprint density at radius 2 is 1.61 bits per heavy atom. The minimum Gasteiger partial charge on any atom is -0.326 e. The van der Waals surface area contributed by atoms with Crippen LogP contribution in [0.15, 0.2) is 53.4 Å². The number of hydrogen-bond donors (Lipinski definition) is 1. The van der Waals surface area contributed by atoms with Crippen LogP contribution in [0.25, 0.3) is 0 Å². The van der Waals surface area contributed by atoms with Crippen molar-refractivity contribution in [3.8, 4) is 0 Å². The summed E-state index contributed by atoms with van der Waals surface area (Å²) in [7, 11) is -4.09. The summed E-state index contributed by atoms with van der Waals surface area (Å²) in [6, 6.07) is 9.64. The van der Waals surface area contributed by atoms with E-state index in [4.69, 9.17) is 0 Å². The normalized spacial score (nSPS) is 16.9. The fourth-order valence-electron chi connectivity index (χ4n) is 3.64. The van der Waals surface area contributed by atoms with E-state index < -0.39 is 32.7 Å². The Hall–Kier alpha value is -2.76. The number of halogens is 3. The van der Waals surface area contributed by atoms with Gasteiger partial charge in [0.15, 0.2) is 5.78 Å². The molecule has 33 heavy (non-hydrogen) atoms. The maximum Gasteiger partial charge on any atom is 0.416 e. The van der Waals surface area contributed by atoms with Crippen molar-refractivity contribution in [2.24, 2.45) is 0 Å². The lowest BCUT2D eigenvalue weighted by Gasteiger charge is -2.36. The molecule has 0 radical (unpaired) electrons. The summed E-state index contributed by atoms with van der Waals surface area (Å²) in [5.41, 5.74) is 0.00156. The molecule has 1 N–H and O–H groups in total. The average molecular weight is 484 g/mol. The highest BCUT2D eigenvalue weighted by molar-refractivity contribution is 7.89. The van der Waals surface area contributed by atoms with Crippen LogP contribution in [0.1, 0.15) is 29.8 Å². The van der Waals surface area contributed by atoms with Gasteiger partial charge in [-0.15, -0.1) is 0 Å². The zero-order valence-corrected chi connectivity index (χ0v) is 18.9. The Kier molecular flexibility index (Phi) is 7.25. The zero-order chi connectivity index (χ0) is 24.4. The second kappa shape index (κ2) is 9.62. The molecule has 2 aromatic carbocycles. The number of carbonyl (C=O) groups excluding carboxylic acids is 2. The van der Waals surface area contributed by atoms with Crippen molar-refractivity contribution in [1.82, 2.24) is 9.21 Å². The van der Waals surface area contributed by atoms with Crippen LogP contribution in [-0.2, 0) is 21.0 Å². The number of carbonyl (C=O) groups is 2. The number of hydrogen-bond acceptors (Lipinski definition) is 5. The number of Topliss-reactive ketones (excluding diaryl/α,β-unsaturated/α-hetero) is 1. The average Bonchev–Trinajstić information content (AvgIpc) is 2.78. The minimum atomic E-state index is -4.64. The fraction of sp³-hybridized carbons (Fsp3) is 0.364. The molecule has 0 unspecified atom stereocenters. The van der Waals surface area contributed by atoms with Gasteiger partial charge in [0.1, 0.15) is 0 Å². The summed E-state index contributed by atoms with van der Waals surface area (Å²) in [5, 5.41) is 2.62. The summed E-state index contributed by atoms with van der Waals surface area (Å²) >= 11 is 0. The molecule has 0 spiro atoms. The van der Waals surface area contributed by atoms with Crippen LogP contribution in [0.5, 0.6) is 0 Å². The van der Waals surface area contributed by atoms with Gasteiger partial charge in [-0.2, -0.15) is 17.5 Å². The van der Waals surface area contributed by atoms with E-state index in [1.165, 1.54) is 6.92 Å².